The highest BCUT2D eigenvalue weighted by molar-refractivity contribution is 9.10. The van der Waals surface area contributed by atoms with Crippen LogP contribution in [0.5, 0.6) is 0 Å². The molecular formula is C51H46Br2N6O3. The summed E-state index contributed by atoms with van der Waals surface area (Å²) in [5.41, 5.74) is 5.68. The van der Waals surface area contributed by atoms with Crippen molar-refractivity contribution in [2.45, 2.75) is 93.2 Å². The highest BCUT2D eigenvalue weighted by Gasteiger charge is 2.52. The molecule has 0 spiro atoms. The molecule has 4 aromatic carbocycles. The van der Waals surface area contributed by atoms with Crippen molar-refractivity contribution < 1.29 is 14.3 Å². The number of halogens is 2. The van der Waals surface area contributed by atoms with Crippen molar-refractivity contribution in [3.63, 3.8) is 0 Å². The van der Waals surface area contributed by atoms with E-state index in [1.165, 1.54) is 0 Å². The SMILES string of the molecule is C#CC1CCC(NC(=O)CC2(c3ccc(Br)cc3)c3cccc(C4CC5C(CCCN5C(=O)CC5(c6ccc(Br)cc6)c6ccccc6-c6nccn65)O4)c3-c3nccn32)CC1. The molecule has 11 rings (SSSR count). The fourth-order valence-corrected chi connectivity index (χ4v) is 12.2. The molecule has 4 aliphatic heterocycles. The summed E-state index contributed by atoms with van der Waals surface area (Å²) in [6.45, 7) is 0.675. The first-order valence-electron chi connectivity index (χ1n) is 21.8. The average Bonchev–Trinajstić information content (AvgIpc) is 4.14. The lowest BCUT2D eigenvalue weighted by Crippen LogP contribution is -2.51. The van der Waals surface area contributed by atoms with E-state index in [0.717, 1.165) is 98.1 Å². The van der Waals surface area contributed by atoms with Gasteiger partial charge in [-0.25, -0.2) is 9.97 Å². The fraction of sp³-hybridized carbons (Fsp3) is 0.333. The second-order valence-electron chi connectivity index (χ2n) is 17.6. The molecule has 6 aromatic rings. The van der Waals surface area contributed by atoms with Crippen molar-refractivity contribution >= 4 is 43.7 Å². The Morgan fingerprint density at radius 1 is 0.774 bits per heavy atom. The van der Waals surface area contributed by atoms with E-state index in [1.54, 1.807) is 0 Å². The topological polar surface area (TPSA) is 94.3 Å². The van der Waals surface area contributed by atoms with E-state index in [-0.39, 0.29) is 54.9 Å². The summed E-state index contributed by atoms with van der Waals surface area (Å²) in [7, 11) is 0. The number of fused-ring (bicyclic) bond motifs is 7. The number of nitrogens with zero attached hydrogens (tertiary/aromatic N) is 5. The van der Waals surface area contributed by atoms with Crippen LogP contribution in [0, 0.1) is 18.3 Å². The van der Waals surface area contributed by atoms with Crippen LogP contribution < -0.4 is 5.32 Å². The highest BCUT2D eigenvalue weighted by Crippen LogP contribution is 2.54. The number of carbonyl (C=O) groups is 2. The van der Waals surface area contributed by atoms with Crippen molar-refractivity contribution in [2.75, 3.05) is 6.54 Å². The molecule has 62 heavy (non-hydrogen) atoms. The minimum atomic E-state index is -0.837. The number of rotatable bonds is 8. The van der Waals surface area contributed by atoms with E-state index < -0.39 is 11.1 Å². The molecule has 5 aliphatic rings. The lowest BCUT2D eigenvalue weighted by atomic mass is 9.78. The molecule has 1 aliphatic carbocycles. The second-order valence-corrected chi connectivity index (χ2v) is 19.5. The predicted molar refractivity (Wildman–Crippen MR) is 245 cm³/mol. The van der Waals surface area contributed by atoms with Crippen LogP contribution in [0.3, 0.4) is 0 Å². The summed E-state index contributed by atoms with van der Waals surface area (Å²) in [6, 6.07) is 31.5. The van der Waals surface area contributed by atoms with Gasteiger partial charge in [0.1, 0.15) is 22.7 Å². The van der Waals surface area contributed by atoms with Crippen LogP contribution in [0.1, 0.15) is 91.7 Å². The summed E-state index contributed by atoms with van der Waals surface area (Å²) >= 11 is 7.28. The first kappa shape index (κ1) is 39.6. The Morgan fingerprint density at radius 2 is 1.42 bits per heavy atom. The number of nitrogens with one attached hydrogen (secondary N) is 1. The van der Waals surface area contributed by atoms with Gasteiger partial charge in [0.15, 0.2) is 0 Å². The van der Waals surface area contributed by atoms with Gasteiger partial charge in [-0.2, -0.15) is 0 Å². The van der Waals surface area contributed by atoms with Gasteiger partial charge in [0, 0.05) is 69.8 Å². The van der Waals surface area contributed by atoms with Crippen LogP contribution in [-0.2, 0) is 25.4 Å². The largest absolute Gasteiger partial charge is 0.368 e. The monoisotopic (exact) mass is 948 g/mol. The number of carbonyl (C=O) groups excluding carboxylic acids is 2. The Hall–Kier alpha value is -5.28. The Labute approximate surface area is 378 Å². The van der Waals surface area contributed by atoms with Gasteiger partial charge >= 0.3 is 0 Å². The Morgan fingerprint density at radius 3 is 2.13 bits per heavy atom. The molecule has 1 saturated carbocycles. The number of likely N-dealkylation sites (tertiary alicyclic amines) is 1. The number of hydrogen-bond donors (Lipinski definition) is 1. The smallest absolute Gasteiger partial charge is 0.226 e. The summed E-state index contributed by atoms with van der Waals surface area (Å²) < 4.78 is 13.4. The standard InChI is InChI=1S/C51H46Br2N6O3/c1-2-32-12-22-37(23-13-32)56-45(60)30-50(33-14-18-35(52)19-15-33)41-10-5-8-39(47(41)49-55-25-28-59(49)50)44-29-42-43(62-44)11-6-26-57(42)46(61)31-51(34-16-20-36(53)21-17-34)40-9-4-3-7-38(40)48-54-24-27-58(48)51/h1,3-5,7-10,14-21,24-25,27-28,32,37,42-44H,6,11-13,22-23,26,29-31H2,(H,56,60). The zero-order valence-corrected chi connectivity index (χ0v) is 37.4. The zero-order valence-electron chi connectivity index (χ0n) is 34.2. The molecule has 0 radical (unpaired) electrons. The van der Waals surface area contributed by atoms with Gasteiger partial charge in [0.05, 0.1) is 31.1 Å². The molecule has 6 heterocycles. The number of benzene rings is 4. The molecule has 3 fully saturated rings. The number of aromatic nitrogens is 4. The van der Waals surface area contributed by atoms with Crippen molar-refractivity contribution in [1.29, 1.82) is 0 Å². The van der Waals surface area contributed by atoms with Crippen molar-refractivity contribution in [1.82, 2.24) is 29.3 Å². The van der Waals surface area contributed by atoms with Gasteiger partial charge < -0.3 is 24.1 Å². The van der Waals surface area contributed by atoms with Crippen LogP contribution >= 0.6 is 31.9 Å². The van der Waals surface area contributed by atoms with Crippen molar-refractivity contribution in [2.24, 2.45) is 5.92 Å². The van der Waals surface area contributed by atoms with Gasteiger partial charge in [-0.05, 0) is 90.6 Å². The second kappa shape index (κ2) is 15.5. The van der Waals surface area contributed by atoms with E-state index in [1.807, 2.05) is 43.0 Å². The van der Waals surface area contributed by atoms with Crippen molar-refractivity contribution in [3.8, 4) is 35.1 Å². The van der Waals surface area contributed by atoms with Crippen LogP contribution in [0.2, 0.25) is 0 Å². The normalized spacial score (nSPS) is 26.8. The van der Waals surface area contributed by atoms with E-state index in [2.05, 4.69) is 130 Å². The lowest BCUT2D eigenvalue weighted by molar-refractivity contribution is -0.138. The quantitative estimate of drug-likeness (QED) is 0.154. The average molecular weight is 951 g/mol. The molecule has 2 amide bonds. The number of terminal acetylenes is 1. The summed E-state index contributed by atoms with van der Waals surface area (Å²) in [4.78, 5) is 41.4. The number of imidazole rings is 2. The number of piperidine rings is 1. The van der Waals surface area contributed by atoms with E-state index in [0.29, 0.717) is 13.0 Å². The van der Waals surface area contributed by atoms with E-state index in [4.69, 9.17) is 21.1 Å². The Balaban J connectivity index is 0.930. The third-order valence-electron chi connectivity index (χ3n) is 14.5. The fourth-order valence-electron chi connectivity index (χ4n) is 11.6. The molecule has 1 N–H and O–H groups in total. The predicted octanol–water partition coefficient (Wildman–Crippen LogP) is 9.76. The summed E-state index contributed by atoms with van der Waals surface area (Å²) in [5, 5.41) is 3.40. The van der Waals surface area contributed by atoms with Crippen LogP contribution in [0.15, 0.2) is 125 Å². The van der Waals surface area contributed by atoms with E-state index >= 15 is 4.79 Å². The minimum absolute atomic E-state index is 0.000813. The number of hydrogen-bond acceptors (Lipinski definition) is 5. The molecule has 5 unspecified atom stereocenters. The van der Waals surface area contributed by atoms with Crippen LogP contribution in [0.25, 0.3) is 22.8 Å². The van der Waals surface area contributed by atoms with Gasteiger partial charge in [0.2, 0.25) is 11.8 Å². The maximum absolute atomic E-state index is 15.1. The van der Waals surface area contributed by atoms with Gasteiger partial charge in [0.25, 0.3) is 0 Å². The molecule has 2 saturated heterocycles. The zero-order chi connectivity index (χ0) is 42.2. The van der Waals surface area contributed by atoms with Crippen molar-refractivity contribution in [3.05, 3.63) is 153 Å². The van der Waals surface area contributed by atoms with Gasteiger partial charge in [-0.1, -0.05) is 98.6 Å². The molecule has 2 aromatic heterocycles. The lowest BCUT2D eigenvalue weighted by Gasteiger charge is -2.40. The first-order chi connectivity index (χ1) is 30.3. The first-order valence-corrected chi connectivity index (χ1v) is 23.4. The molecule has 9 nitrogen and oxygen atoms in total. The minimum Gasteiger partial charge on any atom is -0.368 e. The summed E-state index contributed by atoms with van der Waals surface area (Å²) in [6.07, 6.45) is 19.6. The van der Waals surface area contributed by atoms with Gasteiger partial charge in [-0.15, -0.1) is 12.3 Å². The van der Waals surface area contributed by atoms with Crippen LogP contribution in [0.4, 0.5) is 0 Å². The summed E-state index contributed by atoms with van der Waals surface area (Å²) in [5.74, 6) is 4.98. The number of amides is 2. The molecule has 312 valence electrons. The molecule has 11 heteroatoms. The number of ether oxygens (including phenoxy) is 1. The molecular weight excluding hydrogens is 904 g/mol. The van der Waals surface area contributed by atoms with Crippen LogP contribution in [-0.4, -0.2) is 60.5 Å². The molecule has 0 bridgehead atoms. The van der Waals surface area contributed by atoms with E-state index in [9.17, 15) is 4.79 Å². The maximum Gasteiger partial charge on any atom is 0.226 e. The van der Waals surface area contributed by atoms with Gasteiger partial charge in [-0.3, -0.25) is 9.59 Å². The Bertz CT molecular complexity index is 2750. The molecule has 5 atom stereocenters. The maximum atomic E-state index is 15.1. The Kier molecular flexibility index (Phi) is 9.90. The third kappa shape index (κ3) is 6.19. The highest BCUT2D eigenvalue weighted by atomic mass is 79.9. The third-order valence-corrected chi connectivity index (χ3v) is 15.5.